The van der Waals surface area contributed by atoms with Crippen molar-refractivity contribution in [2.75, 3.05) is 16.3 Å². The predicted molar refractivity (Wildman–Crippen MR) is 174 cm³/mol. The van der Waals surface area contributed by atoms with Crippen LogP contribution in [0.15, 0.2) is 121 Å². The number of amides is 4. The SMILES string of the molecule is C[C@@H]1C[C@@H](N(C(=O)CN2C(=O)c3cccc4cccc(c34)C2=O)c2ccccc2)c2ccccc2N1C(=O)Cc1ccccc1. The van der Waals surface area contributed by atoms with Gasteiger partial charge < -0.3 is 9.80 Å². The number of imide groups is 1. The zero-order valence-electron chi connectivity index (χ0n) is 24.8. The summed E-state index contributed by atoms with van der Waals surface area (Å²) >= 11 is 0. The van der Waals surface area contributed by atoms with Crippen LogP contribution in [0.25, 0.3) is 10.8 Å². The molecule has 0 bridgehead atoms. The van der Waals surface area contributed by atoms with E-state index in [-0.39, 0.29) is 24.3 Å². The minimum Gasteiger partial charge on any atom is -0.309 e. The van der Waals surface area contributed by atoms with Gasteiger partial charge in [0.2, 0.25) is 11.8 Å². The topological polar surface area (TPSA) is 78.0 Å². The first-order chi connectivity index (χ1) is 21.9. The Morgan fingerprint density at radius 3 is 2.00 bits per heavy atom. The van der Waals surface area contributed by atoms with Crippen molar-refractivity contribution >= 4 is 45.8 Å². The summed E-state index contributed by atoms with van der Waals surface area (Å²) in [6.45, 7) is 1.58. The Labute approximate surface area is 261 Å². The molecule has 45 heavy (non-hydrogen) atoms. The van der Waals surface area contributed by atoms with Crippen molar-refractivity contribution in [2.45, 2.75) is 31.8 Å². The first kappa shape index (κ1) is 28.2. The maximum absolute atomic E-state index is 14.4. The highest BCUT2D eigenvalue weighted by Crippen LogP contribution is 2.42. The summed E-state index contributed by atoms with van der Waals surface area (Å²) in [5, 5.41) is 1.43. The largest absolute Gasteiger partial charge is 0.309 e. The molecular formula is C38H31N3O4. The molecule has 0 fully saturated rings. The third-order valence-corrected chi connectivity index (χ3v) is 8.79. The van der Waals surface area contributed by atoms with Crippen molar-refractivity contribution in [3.63, 3.8) is 0 Å². The molecule has 5 aromatic carbocycles. The van der Waals surface area contributed by atoms with Gasteiger partial charge in [-0.2, -0.15) is 0 Å². The Bertz CT molecular complexity index is 1910. The Morgan fingerprint density at radius 1 is 0.733 bits per heavy atom. The molecule has 0 saturated carbocycles. The number of hydrogen-bond acceptors (Lipinski definition) is 4. The zero-order chi connectivity index (χ0) is 31.1. The van der Waals surface area contributed by atoms with Gasteiger partial charge in [0.1, 0.15) is 6.54 Å². The average molecular weight is 594 g/mol. The zero-order valence-corrected chi connectivity index (χ0v) is 24.8. The molecule has 2 aliphatic heterocycles. The van der Waals surface area contributed by atoms with Crippen molar-refractivity contribution < 1.29 is 19.2 Å². The molecule has 7 heteroatoms. The lowest BCUT2D eigenvalue weighted by Gasteiger charge is -2.44. The summed E-state index contributed by atoms with van der Waals surface area (Å²) in [6, 6.07) is 36.7. The smallest absolute Gasteiger partial charge is 0.261 e. The highest BCUT2D eigenvalue weighted by atomic mass is 16.2. The summed E-state index contributed by atoms with van der Waals surface area (Å²) in [6.07, 6.45) is 0.737. The van der Waals surface area contributed by atoms with Crippen LogP contribution in [0.1, 0.15) is 51.2 Å². The second-order valence-corrected chi connectivity index (χ2v) is 11.6. The second kappa shape index (κ2) is 11.5. The summed E-state index contributed by atoms with van der Waals surface area (Å²) < 4.78 is 0. The van der Waals surface area contributed by atoms with E-state index in [9.17, 15) is 19.2 Å². The van der Waals surface area contributed by atoms with E-state index < -0.39 is 24.4 Å². The van der Waals surface area contributed by atoms with Crippen LogP contribution < -0.4 is 9.80 Å². The van der Waals surface area contributed by atoms with Crippen LogP contribution in [0.3, 0.4) is 0 Å². The van der Waals surface area contributed by atoms with Crippen LogP contribution in [0.2, 0.25) is 0 Å². The normalized spacial score (nSPS) is 17.3. The van der Waals surface area contributed by atoms with Crippen LogP contribution in [0, 0.1) is 0 Å². The van der Waals surface area contributed by atoms with Gasteiger partial charge in [0, 0.05) is 33.9 Å². The minimum atomic E-state index is -0.485. The van der Waals surface area contributed by atoms with Crippen LogP contribution in [0.4, 0.5) is 11.4 Å². The molecule has 0 aromatic heterocycles. The Morgan fingerprint density at radius 2 is 1.33 bits per heavy atom. The number of fused-ring (bicyclic) bond motifs is 1. The molecule has 0 N–H and O–H groups in total. The summed E-state index contributed by atoms with van der Waals surface area (Å²) in [4.78, 5) is 60.1. The van der Waals surface area contributed by atoms with Crippen LogP contribution in [-0.2, 0) is 16.0 Å². The number of nitrogens with zero attached hydrogens (tertiary/aromatic N) is 3. The second-order valence-electron chi connectivity index (χ2n) is 11.6. The minimum absolute atomic E-state index is 0.0189. The number of rotatable bonds is 6. The van der Waals surface area contributed by atoms with Gasteiger partial charge in [0.05, 0.1) is 12.5 Å². The number of carbonyl (C=O) groups excluding carboxylic acids is 4. The number of anilines is 2. The molecule has 0 aliphatic carbocycles. The van der Waals surface area contributed by atoms with E-state index in [1.807, 2.05) is 109 Å². The fourth-order valence-electron chi connectivity index (χ4n) is 6.78. The van der Waals surface area contributed by atoms with Crippen molar-refractivity contribution in [2.24, 2.45) is 0 Å². The monoisotopic (exact) mass is 593 g/mol. The Kier molecular flexibility index (Phi) is 7.22. The van der Waals surface area contributed by atoms with Gasteiger partial charge in [-0.05, 0) is 60.2 Å². The number of hydrogen-bond donors (Lipinski definition) is 0. The van der Waals surface area contributed by atoms with E-state index in [0.29, 0.717) is 28.6 Å². The van der Waals surface area contributed by atoms with E-state index in [1.54, 1.807) is 29.2 Å². The fraction of sp³-hybridized carbons (Fsp3) is 0.158. The molecule has 222 valence electrons. The summed E-state index contributed by atoms with van der Waals surface area (Å²) in [7, 11) is 0. The van der Waals surface area contributed by atoms with Gasteiger partial charge in [-0.15, -0.1) is 0 Å². The number of benzene rings is 5. The van der Waals surface area contributed by atoms with Gasteiger partial charge >= 0.3 is 0 Å². The van der Waals surface area contributed by atoms with Gasteiger partial charge in [-0.1, -0.05) is 91.0 Å². The van der Waals surface area contributed by atoms with Crippen molar-refractivity contribution in [1.82, 2.24) is 4.90 Å². The van der Waals surface area contributed by atoms with Gasteiger partial charge in [0.25, 0.3) is 11.8 Å². The van der Waals surface area contributed by atoms with E-state index in [1.165, 1.54) is 0 Å². The molecular weight excluding hydrogens is 562 g/mol. The highest BCUT2D eigenvalue weighted by Gasteiger charge is 2.41. The highest BCUT2D eigenvalue weighted by molar-refractivity contribution is 6.26. The number of para-hydroxylation sites is 2. The van der Waals surface area contributed by atoms with Crippen LogP contribution in [0.5, 0.6) is 0 Å². The average Bonchev–Trinajstić information content (AvgIpc) is 3.06. The summed E-state index contributed by atoms with van der Waals surface area (Å²) in [5.41, 5.74) is 3.99. The standard InChI is InChI=1S/C38H31N3O4/c1-25-22-33(29-18-8-9-21-32(29)40(25)34(42)23-26-12-4-2-5-13-26)41(28-16-6-3-7-17-28)35(43)24-39-37(44)30-19-10-14-27-15-11-20-31(36(27)30)38(39)45/h2-21,25,33H,22-24H2,1H3/t25-,33-/m1/s1. The maximum Gasteiger partial charge on any atom is 0.261 e. The van der Waals surface area contributed by atoms with E-state index in [0.717, 1.165) is 27.1 Å². The fourth-order valence-corrected chi connectivity index (χ4v) is 6.78. The van der Waals surface area contributed by atoms with Crippen LogP contribution >= 0.6 is 0 Å². The first-order valence-electron chi connectivity index (χ1n) is 15.1. The van der Waals surface area contributed by atoms with Gasteiger partial charge in [-0.25, -0.2) is 0 Å². The molecule has 0 radical (unpaired) electrons. The Balaban J connectivity index is 1.24. The molecule has 2 atom stereocenters. The quantitative estimate of drug-likeness (QED) is 0.209. The third kappa shape index (κ3) is 4.96. The third-order valence-electron chi connectivity index (χ3n) is 8.79. The lowest BCUT2D eigenvalue weighted by Crippen LogP contribution is -2.51. The van der Waals surface area contributed by atoms with E-state index in [2.05, 4.69) is 0 Å². The predicted octanol–water partition coefficient (Wildman–Crippen LogP) is 6.58. The first-order valence-corrected chi connectivity index (χ1v) is 15.1. The molecule has 0 spiro atoms. The van der Waals surface area contributed by atoms with Crippen molar-refractivity contribution in [1.29, 1.82) is 0 Å². The Hall–Kier alpha value is -5.56. The van der Waals surface area contributed by atoms with Gasteiger partial charge in [0.15, 0.2) is 0 Å². The molecule has 0 saturated heterocycles. The molecule has 2 heterocycles. The van der Waals surface area contributed by atoms with Crippen molar-refractivity contribution in [3.8, 4) is 0 Å². The van der Waals surface area contributed by atoms with Crippen molar-refractivity contribution in [3.05, 3.63) is 144 Å². The lowest BCUT2D eigenvalue weighted by molar-refractivity contribution is -0.119. The van der Waals surface area contributed by atoms with Crippen LogP contribution in [-0.4, -0.2) is 41.1 Å². The number of carbonyl (C=O) groups is 4. The molecule has 7 rings (SSSR count). The summed E-state index contributed by atoms with van der Waals surface area (Å²) in [5.74, 6) is -1.37. The van der Waals surface area contributed by atoms with E-state index in [4.69, 9.17) is 0 Å². The molecule has 5 aromatic rings. The molecule has 7 nitrogen and oxygen atoms in total. The lowest BCUT2D eigenvalue weighted by atomic mass is 9.89. The molecule has 4 amide bonds. The van der Waals surface area contributed by atoms with Gasteiger partial charge in [-0.3, -0.25) is 24.1 Å². The molecule has 2 aliphatic rings. The molecule has 0 unspecified atom stereocenters. The maximum atomic E-state index is 14.4. The van der Waals surface area contributed by atoms with E-state index >= 15 is 0 Å².